The van der Waals surface area contributed by atoms with Crippen molar-refractivity contribution >= 4 is 22.4 Å². The summed E-state index contributed by atoms with van der Waals surface area (Å²) in [6.07, 6.45) is 0. The molecule has 16 heavy (non-hydrogen) atoms. The second-order valence-corrected chi connectivity index (χ2v) is 6.02. The standard InChI is InChI=1S/C11H19N3OS/c1-7-8(2)16-10(13-7)12-6-9(15)14-11(3,4)5/h6H2,1-5H3,(H,12,13)(H,14,15). The lowest BCUT2D eigenvalue weighted by Gasteiger charge is -2.20. The van der Waals surface area contributed by atoms with Crippen LogP contribution in [0.15, 0.2) is 0 Å². The lowest BCUT2D eigenvalue weighted by molar-refractivity contribution is -0.120. The van der Waals surface area contributed by atoms with Gasteiger partial charge in [0.25, 0.3) is 0 Å². The summed E-state index contributed by atoms with van der Waals surface area (Å²) in [5, 5.41) is 6.71. The molecule has 0 saturated heterocycles. The van der Waals surface area contributed by atoms with E-state index in [9.17, 15) is 4.79 Å². The van der Waals surface area contributed by atoms with Crippen LogP contribution in [0.25, 0.3) is 0 Å². The number of carbonyl (C=O) groups excluding carboxylic acids is 1. The van der Waals surface area contributed by atoms with Crippen LogP contribution in [0, 0.1) is 13.8 Å². The highest BCUT2D eigenvalue weighted by Crippen LogP contribution is 2.20. The van der Waals surface area contributed by atoms with Crippen molar-refractivity contribution in [1.29, 1.82) is 0 Å². The molecular weight excluding hydrogens is 222 g/mol. The number of nitrogens with zero attached hydrogens (tertiary/aromatic N) is 1. The number of aryl methyl sites for hydroxylation is 2. The summed E-state index contributed by atoms with van der Waals surface area (Å²) < 4.78 is 0. The monoisotopic (exact) mass is 241 g/mol. The van der Waals surface area contributed by atoms with Gasteiger partial charge in [-0.15, -0.1) is 11.3 Å². The Bertz CT molecular complexity index is 360. The van der Waals surface area contributed by atoms with Crippen LogP contribution in [-0.4, -0.2) is 23.0 Å². The molecule has 2 N–H and O–H groups in total. The third-order valence-corrected chi connectivity index (χ3v) is 2.97. The summed E-state index contributed by atoms with van der Waals surface area (Å²) in [7, 11) is 0. The first-order valence-corrected chi connectivity index (χ1v) is 6.08. The van der Waals surface area contributed by atoms with E-state index in [2.05, 4.69) is 15.6 Å². The van der Waals surface area contributed by atoms with Crippen molar-refractivity contribution in [3.05, 3.63) is 10.6 Å². The average molecular weight is 241 g/mol. The van der Waals surface area contributed by atoms with E-state index in [1.54, 1.807) is 11.3 Å². The highest BCUT2D eigenvalue weighted by molar-refractivity contribution is 7.15. The number of amides is 1. The minimum atomic E-state index is -0.187. The van der Waals surface area contributed by atoms with Crippen molar-refractivity contribution in [1.82, 2.24) is 10.3 Å². The van der Waals surface area contributed by atoms with Gasteiger partial charge in [0.05, 0.1) is 12.2 Å². The fraction of sp³-hybridized carbons (Fsp3) is 0.636. The Labute approximate surface area is 100 Å². The van der Waals surface area contributed by atoms with E-state index in [0.717, 1.165) is 10.8 Å². The van der Waals surface area contributed by atoms with Crippen LogP contribution in [0.1, 0.15) is 31.3 Å². The van der Waals surface area contributed by atoms with Gasteiger partial charge in [-0.1, -0.05) is 0 Å². The van der Waals surface area contributed by atoms with E-state index < -0.39 is 0 Å². The van der Waals surface area contributed by atoms with Gasteiger partial charge < -0.3 is 10.6 Å². The molecule has 0 saturated carbocycles. The second-order valence-electron chi connectivity index (χ2n) is 4.81. The van der Waals surface area contributed by atoms with Gasteiger partial charge in [-0.05, 0) is 34.6 Å². The molecule has 0 atom stereocenters. The molecule has 90 valence electrons. The number of hydrogen-bond acceptors (Lipinski definition) is 4. The maximum atomic E-state index is 11.5. The van der Waals surface area contributed by atoms with E-state index in [1.165, 1.54) is 4.88 Å². The van der Waals surface area contributed by atoms with Crippen LogP contribution in [0.2, 0.25) is 0 Å². The molecule has 0 spiro atoms. The van der Waals surface area contributed by atoms with Crippen molar-refractivity contribution in [3.8, 4) is 0 Å². The molecule has 0 radical (unpaired) electrons. The van der Waals surface area contributed by atoms with Crippen LogP contribution >= 0.6 is 11.3 Å². The largest absolute Gasteiger partial charge is 0.352 e. The van der Waals surface area contributed by atoms with Crippen LogP contribution in [-0.2, 0) is 4.79 Å². The zero-order valence-corrected chi connectivity index (χ0v) is 11.3. The van der Waals surface area contributed by atoms with Gasteiger partial charge in [0.2, 0.25) is 5.91 Å². The molecule has 0 aromatic carbocycles. The van der Waals surface area contributed by atoms with Crippen LogP contribution < -0.4 is 10.6 Å². The number of thiazole rings is 1. The molecule has 5 heteroatoms. The maximum Gasteiger partial charge on any atom is 0.239 e. The Morgan fingerprint density at radius 1 is 1.38 bits per heavy atom. The van der Waals surface area contributed by atoms with Gasteiger partial charge in [-0.3, -0.25) is 4.79 Å². The number of hydrogen-bond donors (Lipinski definition) is 2. The van der Waals surface area contributed by atoms with Gasteiger partial charge in [0, 0.05) is 10.4 Å². The van der Waals surface area contributed by atoms with E-state index in [-0.39, 0.29) is 18.0 Å². The second kappa shape index (κ2) is 4.82. The fourth-order valence-corrected chi connectivity index (χ4v) is 1.98. The topological polar surface area (TPSA) is 54.0 Å². The Morgan fingerprint density at radius 3 is 2.44 bits per heavy atom. The van der Waals surface area contributed by atoms with E-state index in [0.29, 0.717) is 0 Å². The van der Waals surface area contributed by atoms with Crippen LogP contribution in [0.5, 0.6) is 0 Å². The lowest BCUT2D eigenvalue weighted by Crippen LogP contribution is -2.43. The summed E-state index contributed by atoms with van der Waals surface area (Å²) in [5.74, 6) is -0.0157. The fourth-order valence-electron chi connectivity index (χ4n) is 1.17. The number of nitrogens with one attached hydrogen (secondary N) is 2. The summed E-state index contributed by atoms with van der Waals surface area (Å²) in [6, 6.07) is 0. The maximum absolute atomic E-state index is 11.5. The summed E-state index contributed by atoms with van der Waals surface area (Å²) in [6.45, 7) is 10.1. The summed E-state index contributed by atoms with van der Waals surface area (Å²) in [4.78, 5) is 17.0. The molecular formula is C11H19N3OS. The Kier molecular flexibility index (Phi) is 3.91. The van der Waals surface area contributed by atoms with Crippen molar-refractivity contribution in [3.63, 3.8) is 0 Å². The third-order valence-electron chi connectivity index (χ3n) is 1.94. The SMILES string of the molecule is Cc1nc(NCC(=O)NC(C)(C)C)sc1C. The van der Waals surface area contributed by atoms with E-state index >= 15 is 0 Å². The van der Waals surface area contributed by atoms with Gasteiger partial charge >= 0.3 is 0 Å². The van der Waals surface area contributed by atoms with Gasteiger partial charge in [0.1, 0.15) is 0 Å². The smallest absolute Gasteiger partial charge is 0.239 e. The summed E-state index contributed by atoms with van der Waals surface area (Å²) >= 11 is 1.57. The normalized spacial score (nSPS) is 11.3. The van der Waals surface area contributed by atoms with Crippen molar-refractivity contribution in [2.75, 3.05) is 11.9 Å². The molecule has 0 bridgehead atoms. The number of carbonyl (C=O) groups is 1. The van der Waals surface area contributed by atoms with Crippen molar-refractivity contribution < 1.29 is 4.79 Å². The zero-order valence-electron chi connectivity index (χ0n) is 10.5. The molecule has 1 amide bonds. The average Bonchev–Trinajstić information content (AvgIpc) is 2.40. The highest BCUT2D eigenvalue weighted by atomic mass is 32.1. The van der Waals surface area contributed by atoms with Crippen LogP contribution in [0.4, 0.5) is 5.13 Å². The molecule has 0 unspecified atom stereocenters. The molecule has 4 nitrogen and oxygen atoms in total. The minimum Gasteiger partial charge on any atom is -0.352 e. The third kappa shape index (κ3) is 4.18. The number of anilines is 1. The quantitative estimate of drug-likeness (QED) is 0.852. The van der Waals surface area contributed by atoms with Gasteiger partial charge in [0.15, 0.2) is 5.13 Å². The minimum absolute atomic E-state index is 0.0157. The molecule has 1 rings (SSSR count). The molecule has 1 aromatic heterocycles. The molecule has 0 aliphatic heterocycles. The van der Waals surface area contributed by atoms with Crippen LogP contribution in [0.3, 0.4) is 0 Å². The first kappa shape index (κ1) is 13.0. The first-order valence-electron chi connectivity index (χ1n) is 5.27. The number of aromatic nitrogens is 1. The summed E-state index contributed by atoms with van der Waals surface area (Å²) in [5.41, 5.74) is 0.830. The molecule has 1 aromatic rings. The Morgan fingerprint density at radius 2 is 2.00 bits per heavy atom. The zero-order chi connectivity index (χ0) is 12.3. The first-order chi connectivity index (χ1) is 7.28. The van der Waals surface area contributed by atoms with E-state index in [4.69, 9.17) is 0 Å². The predicted octanol–water partition coefficient (Wildman–Crippen LogP) is 2.09. The van der Waals surface area contributed by atoms with E-state index in [1.807, 2.05) is 34.6 Å². The Balaban J connectivity index is 2.43. The lowest BCUT2D eigenvalue weighted by atomic mass is 10.1. The molecule has 0 aliphatic rings. The molecule has 1 heterocycles. The van der Waals surface area contributed by atoms with Crippen molar-refractivity contribution in [2.24, 2.45) is 0 Å². The molecule has 0 aliphatic carbocycles. The molecule has 0 fully saturated rings. The number of rotatable bonds is 3. The predicted molar refractivity (Wildman–Crippen MR) is 68.0 cm³/mol. The Hall–Kier alpha value is -1.10. The van der Waals surface area contributed by atoms with Gasteiger partial charge in [-0.25, -0.2) is 4.98 Å². The van der Waals surface area contributed by atoms with Gasteiger partial charge in [-0.2, -0.15) is 0 Å². The highest BCUT2D eigenvalue weighted by Gasteiger charge is 2.13. The van der Waals surface area contributed by atoms with Crippen molar-refractivity contribution in [2.45, 2.75) is 40.2 Å².